The van der Waals surface area contributed by atoms with E-state index in [0.717, 1.165) is 40.5 Å². The molecule has 1 amide bonds. The van der Waals surface area contributed by atoms with Crippen molar-refractivity contribution in [3.05, 3.63) is 41.3 Å². The van der Waals surface area contributed by atoms with Crippen LogP contribution in [-0.2, 0) is 16.2 Å². The molecule has 9 heteroatoms. The molecule has 3 heterocycles. The van der Waals surface area contributed by atoms with E-state index >= 15 is 0 Å². The van der Waals surface area contributed by atoms with E-state index in [-0.39, 0.29) is 0 Å². The number of nitrogens with one attached hydrogen (secondary N) is 1. The number of anilines is 1. The Labute approximate surface area is 201 Å². The predicted molar refractivity (Wildman–Crippen MR) is 137 cm³/mol. The number of ether oxygens (including phenoxy) is 2. The number of hydrogen-bond donors (Lipinski definition) is 1. The molecule has 33 heavy (non-hydrogen) atoms. The number of amides is 1. The zero-order valence-electron chi connectivity index (χ0n) is 20.5. The molecule has 0 aromatic carbocycles. The molecule has 0 atom stereocenters. The number of rotatable bonds is 7. The second-order valence-electron chi connectivity index (χ2n) is 10.3. The van der Waals surface area contributed by atoms with Crippen molar-refractivity contribution in [2.75, 3.05) is 11.9 Å². The predicted octanol–water partition coefficient (Wildman–Crippen LogP) is 6.72. The summed E-state index contributed by atoms with van der Waals surface area (Å²) in [4.78, 5) is 21.2. The summed E-state index contributed by atoms with van der Waals surface area (Å²) >= 11 is 6.19. The van der Waals surface area contributed by atoms with Gasteiger partial charge in [0.2, 0.25) is 0 Å². The molecule has 0 unspecified atom stereocenters. The van der Waals surface area contributed by atoms with E-state index in [4.69, 9.17) is 21.1 Å². The van der Waals surface area contributed by atoms with Crippen LogP contribution in [0.25, 0.3) is 22.2 Å². The third-order valence-corrected chi connectivity index (χ3v) is 6.83. The van der Waals surface area contributed by atoms with Crippen molar-refractivity contribution >= 4 is 42.6 Å². The van der Waals surface area contributed by atoms with E-state index < -0.39 is 19.8 Å². The molecular weight excluding hydrogens is 456 g/mol. The number of carbonyl (C=O) groups is 1. The number of pyridine rings is 2. The molecule has 0 saturated heterocycles. The molecule has 3 aromatic heterocycles. The van der Waals surface area contributed by atoms with Crippen LogP contribution in [0, 0.1) is 6.92 Å². The molecule has 7 nitrogen and oxygen atoms in total. The summed E-state index contributed by atoms with van der Waals surface area (Å²) in [5.74, 6) is 0.435. The number of aryl methyl sites for hydroxylation is 1. The molecule has 0 fully saturated rings. The first-order valence-electron chi connectivity index (χ1n) is 11.0. The van der Waals surface area contributed by atoms with Gasteiger partial charge >= 0.3 is 6.09 Å². The van der Waals surface area contributed by atoms with Gasteiger partial charge in [-0.3, -0.25) is 5.32 Å². The first-order valence-corrected chi connectivity index (χ1v) is 15.1. The SMILES string of the molecule is Cc1nc(NC(=O)OC(C)(C)C)ccc1-c1cn(COCC[Si](C)(C)C)c2nc(Cl)ccc12. The number of nitrogens with zero attached hydrogens (tertiary/aromatic N) is 3. The Hall–Kier alpha value is -2.42. The molecule has 178 valence electrons. The molecule has 0 radical (unpaired) electrons. The van der Waals surface area contributed by atoms with Gasteiger partial charge < -0.3 is 14.0 Å². The molecule has 1 N–H and O–H groups in total. The van der Waals surface area contributed by atoms with Gasteiger partial charge in [0.15, 0.2) is 0 Å². The Morgan fingerprint density at radius 2 is 1.85 bits per heavy atom. The van der Waals surface area contributed by atoms with Crippen LogP contribution in [-0.4, -0.2) is 40.9 Å². The maximum absolute atomic E-state index is 12.1. The Bertz CT molecular complexity index is 1150. The second-order valence-corrected chi connectivity index (χ2v) is 16.3. The van der Waals surface area contributed by atoms with Crippen LogP contribution in [0.1, 0.15) is 26.5 Å². The summed E-state index contributed by atoms with van der Waals surface area (Å²) in [6, 6.07) is 8.55. The molecule has 0 bridgehead atoms. The summed E-state index contributed by atoms with van der Waals surface area (Å²) in [7, 11) is -1.16. The Balaban J connectivity index is 1.86. The van der Waals surface area contributed by atoms with E-state index in [1.54, 1.807) is 12.1 Å². The Morgan fingerprint density at radius 1 is 1.12 bits per heavy atom. The van der Waals surface area contributed by atoms with E-state index in [1.165, 1.54) is 0 Å². The minimum atomic E-state index is -1.16. The average Bonchev–Trinajstić information content (AvgIpc) is 3.00. The highest BCUT2D eigenvalue weighted by atomic mass is 35.5. The first kappa shape index (κ1) is 25.2. The smallest absolute Gasteiger partial charge is 0.413 e. The zero-order valence-corrected chi connectivity index (χ0v) is 22.2. The summed E-state index contributed by atoms with van der Waals surface area (Å²) in [5, 5.41) is 4.09. The summed E-state index contributed by atoms with van der Waals surface area (Å²) in [5.41, 5.74) is 2.89. The number of aromatic nitrogens is 3. The summed E-state index contributed by atoms with van der Waals surface area (Å²) in [6.07, 6.45) is 1.49. The molecule has 3 aromatic rings. The molecule has 0 spiro atoms. The van der Waals surface area contributed by atoms with Gasteiger partial charge in [-0.05, 0) is 58.0 Å². The molecule has 3 rings (SSSR count). The van der Waals surface area contributed by atoms with Gasteiger partial charge in [0.25, 0.3) is 0 Å². The van der Waals surface area contributed by atoms with Gasteiger partial charge in [-0.15, -0.1) is 0 Å². The summed E-state index contributed by atoms with van der Waals surface area (Å²) in [6.45, 7) is 15.5. The number of fused-ring (bicyclic) bond motifs is 1. The molecule has 0 aliphatic rings. The molecule has 0 aliphatic carbocycles. The van der Waals surface area contributed by atoms with Gasteiger partial charge in [0.05, 0.1) is 0 Å². The normalized spacial score (nSPS) is 12.2. The lowest BCUT2D eigenvalue weighted by Crippen LogP contribution is -2.27. The fourth-order valence-corrected chi connectivity index (χ4v) is 4.22. The van der Waals surface area contributed by atoms with Crippen LogP contribution in [0.4, 0.5) is 10.6 Å². The maximum Gasteiger partial charge on any atom is 0.413 e. The van der Waals surface area contributed by atoms with Crippen molar-refractivity contribution in [1.29, 1.82) is 0 Å². The van der Waals surface area contributed by atoms with Crippen molar-refractivity contribution in [3.8, 4) is 11.1 Å². The van der Waals surface area contributed by atoms with Gasteiger partial charge in [0.1, 0.15) is 29.0 Å². The van der Waals surface area contributed by atoms with Crippen molar-refractivity contribution in [2.45, 2.75) is 65.7 Å². The minimum absolute atomic E-state index is 0.402. The lowest BCUT2D eigenvalue weighted by atomic mass is 10.0. The Morgan fingerprint density at radius 3 is 2.48 bits per heavy atom. The first-order chi connectivity index (χ1) is 15.3. The molecule has 0 saturated carbocycles. The average molecular weight is 489 g/mol. The highest BCUT2D eigenvalue weighted by Crippen LogP contribution is 2.33. The molecule has 0 aliphatic heterocycles. The van der Waals surface area contributed by atoms with Gasteiger partial charge in [0, 0.05) is 43.1 Å². The largest absolute Gasteiger partial charge is 0.444 e. The topological polar surface area (TPSA) is 78.3 Å². The van der Waals surface area contributed by atoms with Gasteiger partial charge in [-0.1, -0.05) is 31.2 Å². The lowest BCUT2D eigenvalue weighted by Gasteiger charge is -2.19. The monoisotopic (exact) mass is 488 g/mol. The fraction of sp³-hybridized carbons (Fsp3) is 0.458. The van der Waals surface area contributed by atoms with Crippen molar-refractivity contribution in [3.63, 3.8) is 0 Å². The van der Waals surface area contributed by atoms with Crippen LogP contribution in [0.5, 0.6) is 0 Å². The number of carbonyl (C=O) groups excluding carboxylic acids is 1. The lowest BCUT2D eigenvalue weighted by molar-refractivity contribution is 0.0635. The van der Waals surface area contributed by atoms with E-state index in [0.29, 0.717) is 17.7 Å². The molecular formula is C24H33ClN4O3Si. The van der Waals surface area contributed by atoms with Crippen LogP contribution in [0.3, 0.4) is 0 Å². The minimum Gasteiger partial charge on any atom is -0.444 e. The third kappa shape index (κ3) is 7.03. The Kier molecular flexibility index (Phi) is 7.51. The van der Waals surface area contributed by atoms with Crippen molar-refractivity contribution < 1.29 is 14.3 Å². The standard InChI is InChI=1S/C24H33ClN4O3Si/c1-16-17(9-11-21(26-16)28-23(30)32-24(2,3)4)19-14-29(15-31-12-13-33(5,6)7)22-18(19)8-10-20(25)27-22/h8-11,14H,12-13,15H2,1-7H3,(H,26,28,30). The zero-order chi connectivity index (χ0) is 24.4. The van der Waals surface area contributed by atoms with Gasteiger partial charge in [-0.25, -0.2) is 14.8 Å². The second kappa shape index (κ2) is 9.83. The van der Waals surface area contributed by atoms with Crippen molar-refractivity contribution in [2.24, 2.45) is 0 Å². The summed E-state index contributed by atoms with van der Waals surface area (Å²) < 4.78 is 13.3. The van der Waals surface area contributed by atoms with Gasteiger partial charge in [-0.2, -0.15) is 0 Å². The fourth-order valence-electron chi connectivity index (χ4n) is 3.32. The van der Waals surface area contributed by atoms with Crippen LogP contribution < -0.4 is 5.32 Å². The maximum atomic E-state index is 12.1. The van der Waals surface area contributed by atoms with E-state index in [2.05, 4.69) is 34.9 Å². The highest BCUT2D eigenvalue weighted by Gasteiger charge is 2.19. The quantitative estimate of drug-likeness (QED) is 0.227. The van der Waals surface area contributed by atoms with E-state index in [9.17, 15) is 4.79 Å². The van der Waals surface area contributed by atoms with Crippen LogP contribution in [0.15, 0.2) is 30.5 Å². The number of hydrogen-bond acceptors (Lipinski definition) is 5. The van der Waals surface area contributed by atoms with E-state index in [1.807, 2.05) is 50.6 Å². The third-order valence-electron chi connectivity index (χ3n) is 4.92. The van der Waals surface area contributed by atoms with Crippen LogP contribution >= 0.6 is 11.6 Å². The number of halogens is 1. The van der Waals surface area contributed by atoms with Crippen LogP contribution in [0.2, 0.25) is 30.8 Å². The highest BCUT2D eigenvalue weighted by molar-refractivity contribution is 6.76. The van der Waals surface area contributed by atoms with Crippen molar-refractivity contribution in [1.82, 2.24) is 14.5 Å².